The minimum atomic E-state index is -0.653. The van der Waals surface area contributed by atoms with Gasteiger partial charge in [0, 0.05) is 23.5 Å². The lowest BCUT2D eigenvalue weighted by Gasteiger charge is -2.11. The fourth-order valence-electron chi connectivity index (χ4n) is 3.53. The number of thioether (sulfide) groups is 1. The summed E-state index contributed by atoms with van der Waals surface area (Å²) in [5, 5.41) is 8.14. The van der Waals surface area contributed by atoms with Crippen LogP contribution in [-0.2, 0) is 6.54 Å². The van der Waals surface area contributed by atoms with Crippen LogP contribution in [0.5, 0.6) is 5.75 Å². The molecule has 2 aromatic carbocycles. The number of Topliss-reactive ketones (excluding diaryl/α,β-unsaturated/α-hetero) is 1. The van der Waals surface area contributed by atoms with E-state index in [1.165, 1.54) is 24.3 Å². The number of aryl methyl sites for hydroxylation is 1. The first-order valence-electron chi connectivity index (χ1n) is 10.6. The highest BCUT2D eigenvalue weighted by molar-refractivity contribution is 7.99. The van der Waals surface area contributed by atoms with Crippen molar-refractivity contribution in [1.82, 2.24) is 14.8 Å². The number of hydrogen-bond acceptors (Lipinski definition) is 6. The van der Waals surface area contributed by atoms with Crippen LogP contribution >= 0.6 is 11.8 Å². The van der Waals surface area contributed by atoms with Crippen LogP contribution in [-0.4, -0.2) is 26.3 Å². The van der Waals surface area contributed by atoms with Crippen molar-refractivity contribution < 1.29 is 22.7 Å². The molecule has 0 saturated carbocycles. The van der Waals surface area contributed by atoms with Crippen molar-refractivity contribution in [3.8, 4) is 5.75 Å². The van der Waals surface area contributed by atoms with Gasteiger partial charge in [0.25, 0.3) is 11.1 Å². The molecule has 0 saturated heterocycles. The van der Waals surface area contributed by atoms with Crippen LogP contribution in [0, 0.1) is 25.5 Å². The molecule has 0 N–H and O–H groups in total. The average Bonchev–Trinajstić information content (AvgIpc) is 3.41. The molecule has 0 amide bonds. The van der Waals surface area contributed by atoms with Crippen LogP contribution < -0.4 is 4.74 Å². The Labute approximate surface area is 200 Å². The molecule has 0 unspecified atom stereocenters. The lowest BCUT2D eigenvalue weighted by molar-refractivity contribution is 0.102. The molecular weight excluding hydrogens is 460 g/mol. The van der Waals surface area contributed by atoms with Crippen LogP contribution in [0.2, 0.25) is 0 Å². The second kappa shape index (κ2) is 10.2. The Hall–Kier alpha value is -3.46. The number of aromatic nitrogens is 3. The van der Waals surface area contributed by atoms with E-state index in [2.05, 4.69) is 10.2 Å². The van der Waals surface area contributed by atoms with Crippen molar-refractivity contribution in [2.24, 2.45) is 0 Å². The molecule has 0 aliphatic carbocycles. The van der Waals surface area contributed by atoms with Gasteiger partial charge in [-0.25, -0.2) is 8.78 Å². The minimum absolute atomic E-state index is 0.0705. The molecule has 4 aromatic rings. The molecule has 0 aliphatic rings. The van der Waals surface area contributed by atoms with Gasteiger partial charge in [0.1, 0.15) is 5.82 Å². The molecule has 34 heavy (non-hydrogen) atoms. The first-order chi connectivity index (χ1) is 16.3. The molecule has 0 bridgehead atoms. The quantitative estimate of drug-likeness (QED) is 0.217. The van der Waals surface area contributed by atoms with Gasteiger partial charge in [-0.15, -0.1) is 10.2 Å². The van der Waals surface area contributed by atoms with E-state index in [9.17, 15) is 13.6 Å². The molecule has 0 aliphatic heterocycles. The van der Waals surface area contributed by atoms with E-state index >= 15 is 0 Å². The van der Waals surface area contributed by atoms with Gasteiger partial charge in [0.15, 0.2) is 23.5 Å². The Kier molecular flexibility index (Phi) is 7.12. The van der Waals surface area contributed by atoms with Crippen molar-refractivity contribution in [1.29, 1.82) is 0 Å². The maximum atomic E-state index is 13.8. The van der Waals surface area contributed by atoms with Crippen molar-refractivity contribution >= 4 is 17.5 Å². The van der Waals surface area contributed by atoms with E-state index in [1.54, 1.807) is 31.2 Å². The zero-order valence-electron chi connectivity index (χ0n) is 18.9. The summed E-state index contributed by atoms with van der Waals surface area (Å²) in [5.41, 5.74) is 3.34. The van der Waals surface area contributed by atoms with Gasteiger partial charge in [-0.1, -0.05) is 36.0 Å². The van der Waals surface area contributed by atoms with Gasteiger partial charge in [-0.2, -0.15) is 0 Å². The molecule has 0 fully saturated rings. The van der Waals surface area contributed by atoms with E-state index in [0.29, 0.717) is 12.1 Å². The smallest absolute Gasteiger partial charge is 0.277 e. The van der Waals surface area contributed by atoms with E-state index in [0.717, 1.165) is 28.7 Å². The third-order valence-electron chi connectivity index (χ3n) is 5.36. The highest BCUT2D eigenvalue weighted by atomic mass is 32.2. The van der Waals surface area contributed by atoms with E-state index < -0.39 is 11.9 Å². The van der Waals surface area contributed by atoms with Crippen LogP contribution in [0.1, 0.15) is 46.2 Å². The maximum absolute atomic E-state index is 13.8. The molecule has 9 heteroatoms. The molecular formula is C25H23F2N3O3S. The molecule has 0 radical (unpaired) electrons. The second-order valence-corrected chi connectivity index (χ2v) is 8.73. The average molecular weight is 484 g/mol. The summed E-state index contributed by atoms with van der Waals surface area (Å²) in [7, 11) is 0. The Morgan fingerprint density at radius 2 is 1.85 bits per heavy atom. The molecule has 0 spiro atoms. The molecule has 176 valence electrons. The molecule has 2 aromatic heterocycles. The number of benzene rings is 2. The fraction of sp³-hybridized carbons (Fsp3) is 0.240. The number of rotatable bonds is 9. The molecule has 4 rings (SSSR count). The Balaban J connectivity index is 1.38. The van der Waals surface area contributed by atoms with E-state index in [-0.39, 0.29) is 34.2 Å². The zero-order chi connectivity index (χ0) is 24.2. The molecule has 2 heterocycles. The molecule has 6 nitrogen and oxygen atoms in total. The Bertz CT molecular complexity index is 1300. The largest absolute Gasteiger partial charge is 0.478 e. The van der Waals surface area contributed by atoms with Gasteiger partial charge in [-0.3, -0.25) is 4.79 Å². The Morgan fingerprint density at radius 1 is 1.12 bits per heavy atom. The monoisotopic (exact) mass is 483 g/mol. The van der Waals surface area contributed by atoms with Crippen LogP contribution in [0.25, 0.3) is 0 Å². The number of para-hydroxylation sites is 1. The summed E-state index contributed by atoms with van der Waals surface area (Å²) in [6, 6.07) is 14.2. The standard InChI is InChI=1S/C25H23F2N3O3S/c1-15-12-20(16(2)30(15)13-18-8-10-19(26)11-9-18)22(31)14-34-25-29-28-24(33-25)17(3)32-23-7-5-4-6-21(23)27/h4-12,17H,13-14H2,1-3H3/t17-/m0/s1. The highest BCUT2D eigenvalue weighted by Gasteiger charge is 2.20. The van der Waals surface area contributed by atoms with Crippen molar-refractivity contribution in [3.05, 3.63) is 94.6 Å². The number of carbonyl (C=O) groups is 1. The van der Waals surface area contributed by atoms with Crippen molar-refractivity contribution in [2.75, 3.05) is 5.75 Å². The summed E-state index contributed by atoms with van der Waals surface area (Å²) in [5.74, 6) is -0.436. The predicted octanol–water partition coefficient (Wildman–Crippen LogP) is 5.93. The summed E-state index contributed by atoms with van der Waals surface area (Å²) < 4.78 is 40.2. The second-order valence-electron chi connectivity index (χ2n) is 7.81. The van der Waals surface area contributed by atoms with Crippen molar-refractivity contribution in [2.45, 2.75) is 38.6 Å². The highest BCUT2D eigenvalue weighted by Crippen LogP contribution is 2.27. The van der Waals surface area contributed by atoms with Crippen molar-refractivity contribution in [3.63, 3.8) is 0 Å². The summed E-state index contributed by atoms with van der Waals surface area (Å²) >= 11 is 1.13. The minimum Gasteiger partial charge on any atom is -0.478 e. The fourth-order valence-corrected chi connectivity index (χ4v) is 4.18. The van der Waals surface area contributed by atoms with Gasteiger partial charge >= 0.3 is 0 Å². The third-order valence-corrected chi connectivity index (χ3v) is 6.18. The zero-order valence-corrected chi connectivity index (χ0v) is 19.7. The number of carbonyl (C=O) groups excluding carboxylic acids is 1. The first-order valence-corrected chi connectivity index (χ1v) is 11.6. The number of ether oxygens (including phenoxy) is 1. The number of nitrogens with zero attached hydrogens (tertiary/aromatic N) is 3. The van der Waals surface area contributed by atoms with E-state index in [1.807, 2.05) is 24.5 Å². The summed E-state index contributed by atoms with van der Waals surface area (Å²) in [6.45, 7) is 6.05. The van der Waals surface area contributed by atoms with Gasteiger partial charge in [0.2, 0.25) is 0 Å². The normalized spacial score (nSPS) is 12.0. The summed E-state index contributed by atoms with van der Waals surface area (Å²) in [4.78, 5) is 12.9. The van der Waals surface area contributed by atoms with Gasteiger partial charge < -0.3 is 13.7 Å². The van der Waals surface area contributed by atoms with Gasteiger partial charge in [0.05, 0.1) is 5.75 Å². The SMILES string of the molecule is Cc1cc(C(=O)CSc2nnc([C@H](C)Oc3ccccc3F)o2)c(C)n1Cc1ccc(F)cc1. The summed E-state index contributed by atoms with van der Waals surface area (Å²) in [6.07, 6.45) is -0.653. The van der Waals surface area contributed by atoms with Gasteiger partial charge in [-0.05, 0) is 56.7 Å². The predicted molar refractivity (Wildman–Crippen MR) is 124 cm³/mol. The number of halogens is 2. The maximum Gasteiger partial charge on any atom is 0.277 e. The topological polar surface area (TPSA) is 70.2 Å². The van der Waals surface area contributed by atoms with E-state index in [4.69, 9.17) is 9.15 Å². The van der Waals surface area contributed by atoms with Crippen LogP contribution in [0.4, 0.5) is 8.78 Å². The third kappa shape index (κ3) is 5.36. The number of hydrogen-bond donors (Lipinski definition) is 0. The lowest BCUT2D eigenvalue weighted by Crippen LogP contribution is -2.07. The lowest BCUT2D eigenvalue weighted by atomic mass is 10.2. The Morgan fingerprint density at radius 3 is 2.59 bits per heavy atom. The number of ketones is 1. The van der Waals surface area contributed by atoms with Crippen LogP contribution in [0.3, 0.4) is 0 Å². The van der Waals surface area contributed by atoms with Crippen LogP contribution in [0.15, 0.2) is 64.2 Å². The molecule has 1 atom stereocenters. The first kappa shape index (κ1) is 23.7.